The lowest BCUT2D eigenvalue weighted by Gasteiger charge is -2.29. The number of ether oxygens (including phenoxy) is 1. The minimum atomic E-state index is -1.02. The van der Waals surface area contributed by atoms with Crippen molar-refractivity contribution in [2.45, 2.75) is 18.9 Å². The van der Waals surface area contributed by atoms with Crippen LogP contribution in [-0.2, 0) is 4.74 Å². The molecule has 1 aliphatic rings. The maximum Gasteiger partial charge on any atom is 0.251 e. The van der Waals surface area contributed by atoms with E-state index in [9.17, 15) is 18.4 Å². The van der Waals surface area contributed by atoms with Gasteiger partial charge in [0.1, 0.15) is 11.6 Å². The summed E-state index contributed by atoms with van der Waals surface area (Å²) < 4.78 is 33.5. The van der Waals surface area contributed by atoms with E-state index >= 15 is 0 Å². The maximum atomic E-state index is 14.0. The predicted molar refractivity (Wildman–Crippen MR) is 80.5 cm³/mol. The molecule has 1 N–H and O–H groups in total. The van der Waals surface area contributed by atoms with Crippen LogP contribution in [-0.4, -0.2) is 56.5 Å². The topological polar surface area (TPSA) is 58.6 Å². The van der Waals surface area contributed by atoms with Crippen molar-refractivity contribution in [3.8, 4) is 0 Å². The highest BCUT2D eigenvalue weighted by Gasteiger charge is 2.23. The van der Waals surface area contributed by atoms with Gasteiger partial charge in [-0.25, -0.2) is 8.78 Å². The molecule has 23 heavy (non-hydrogen) atoms. The van der Waals surface area contributed by atoms with Crippen molar-refractivity contribution in [1.29, 1.82) is 0 Å². The Hall–Kier alpha value is -1.86. The van der Waals surface area contributed by atoms with Crippen molar-refractivity contribution in [1.82, 2.24) is 10.2 Å². The average molecular weight is 326 g/mol. The zero-order chi connectivity index (χ0) is 17.0. The number of nitrogens with zero attached hydrogens (tertiary/aromatic N) is 1. The Kier molecular flexibility index (Phi) is 5.79. The molecular formula is C16H20F2N2O3. The second-order valence-electron chi connectivity index (χ2n) is 5.61. The summed E-state index contributed by atoms with van der Waals surface area (Å²) in [6.07, 6.45) is 0.277. The van der Waals surface area contributed by atoms with Crippen LogP contribution in [0.15, 0.2) is 12.1 Å². The molecule has 1 heterocycles. The van der Waals surface area contributed by atoms with Crippen molar-refractivity contribution in [3.05, 3.63) is 34.9 Å². The van der Waals surface area contributed by atoms with E-state index in [1.54, 1.807) is 0 Å². The Labute approximate surface area is 133 Å². The van der Waals surface area contributed by atoms with Crippen LogP contribution in [0.3, 0.4) is 0 Å². The number of amides is 1. The van der Waals surface area contributed by atoms with Gasteiger partial charge in [-0.3, -0.25) is 9.59 Å². The first-order valence-electron chi connectivity index (χ1n) is 7.47. The van der Waals surface area contributed by atoms with Gasteiger partial charge in [0.25, 0.3) is 5.91 Å². The zero-order valence-corrected chi connectivity index (χ0v) is 13.2. The lowest BCUT2D eigenvalue weighted by Crippen LogP contribution is -2.40. The Bertz CT molecular complexity index is 584. The van der Waals surface area contributed by atoms with Crippen LogP contribution in [0.5, 0.6) is 0 Å². The number of carbonyl (C=O) groups excluding carboxylic acids is 2. The molecule has 0 saturated carbocycles. The lowest BCUT2D eigenvalue weighted by atomic mass is 10.0. The van der Waals surface area contributed by atoms with E-state index in [0.717, 1.165) is 18.7 Å². The van der Waals surface area contributed by atoms with Crippen molar-refractivity contribution >= 4 is 11.7 Å². The van der Waals surface area contributed by atoms with E-state index in [1.165, 1.54) is 7.05 Å². The Morgan fingerprint density at radius 2 is 2.00 bits per heavy atom. The van der Waals surface area contributed by atoms with Gasteiger partial charge in [0.2, 0.25) is 0 Å². The van der Waals surface area contributed by atoms with E-state index in [2.05, 4.69) is 10.2 Å². The third-order valence-corrected chi connectivity index (χ3v) is 3.85. The molecule has 5 nitrogen and oxygen atoms in total. The number of halogens is 2. The molecule has 0 aromatic heterocycles. The molecule has 0 radical (unpaired) electrons. The quantitative estimate of drug-likeness (QED) is 0.836. The minimum Gasteiger partial charge on any atom is -0.376 e. The summed E-state index contributed by atoms with van der Waals surface area (Å²) in [4.78, 5) is 25.6. The summed E-state index contributed by atoms with van der Waals surface area (Å²) in [6.45, 7) is 2.10. The normalized spacial score (nSPS) is 18.7. The maximum absolute atomic E-state index is 14.0. The number of hydrogen-bond donors (Lipinski definition) is 1. The van der Waals surface area contributed by atoms with E-state index in [-0.39, 0.29) is 18.1 Å². The molecule has 0 bridgehead atoms. The molecule has 1 aromatic rings. The van der Waals surface area contributed by atoms with E-state index in [0.29, 0.717) is 19.6 Å². The second kappa shape index (κ2) is 7.61. The van der Waals surface area contributed by atoms with Gasteiger partial charge in [0.05, 0.1) is 18.3 Å². The molecule has 1 amide bonds. The third-order valence-electron chi connectivity index (χ3n) is 3.85. The molecule has 1 fully saturated rings. The lowest BCUT2D eigenvalue weighted by molar-refractivity contribution is -0.0233. The van der Waals surface area contributed by atoms with E-state index in [1.807, 2.05) is 7.05 Å². The first kappa shape index (κ1) is 17.5. The van der Waals surface area contributed by atoms with Gasteiger partial charge in [-0.1, -0.05) is 0 Å². The van der Waals surface area contributed by atoms with Crippen molar-refractivity contribution < 1.29 is 23.1 Å². The number of hydrogen-bond acceptors (Lipinski definition) is 4. The molecule has 1 saturated heterocycles. The van der Waals surface area contributed by atoms with Crippen LogP contribution in [0.1, 0.15) is 33.6 Å². The third kappa shape index (κ3) is 4.33. The molecule has 7 heteroatoms. The largest absolute Gasteiger partial charge is 0.376 e. The number of nitrogens with one attached hydrogen (secondary N) is 1. The van der Waals surface area contributed by atoms with Gasteiger partial charge in [-0.2, -0.15) is 0 Å². The van der Waals surface area contributed by atoms with Gasteiger partial charge < -0.3 is 15.0 Å². The first-order valence-corrected chi connectivity index (χ1v) is 7.47. The smallest absolute Gasteiger partial charge is 0.251 e. The summed E-state index contributed by atoms with van der Waals surface area (Å²) in [5, 5.41) is 2.28. The SMILES string of the molecule is CNC(=O)c1cc(F)c(C(=O)CCC2CN(C)CCO2)c(F)c1. The van der Waals surface area contributed by atoms with Crippen LogP contribution in [0, 0.1) is 11.6 Å². The van der Waals surface area contributed by atoms with Crippen LogP contribution in [0.2, 0.25) is 0 Å². The predicted octanol–water partition coefficient (Wildman–Crippen LogP) is 1.62. The van der Waals surface area contributed by atoms with Crippen molar-refractivity contribution in [3.63, 3.8) is 0 Å². The fourth-order valence-electron chi connectivity index (χ4n) is 2.57. The fraction of sp³-hybridized carbons (Fsp3) is 0.500. The molecule has 1 atom stereocenters. The van der Waals surface area contributed by atoms with Crippen molar-refractivity contribution in [2.24, 2.45) is 0 Å². The number of carbonyl (C=O) groups is 2. The summed E-state index contributed by atoms with van der Waals surface area (Å²) in [5.41, 5.74) is -0.752. The molecule has 2 rings (SSSR count). The average Bonchev–Trinajstić information content (AvgIpc) is 2.51. The summed E-state index contributed by atoms with van der Waals surface area (Å²) >= 11 is 0. The molecule has 0 aliphatic carbocycles. The number of Topliss-reactive ketones (excluding diaryl/α,β-unsaturated/α-hetero) is 1. The number of rotatable bonds is 5. The molecule has 1 unspecified atom stereocenters. The highest BCUT2D eigenvalue weighted by atomic mass is 19.1. The molecule has 1 aromatic carbocycles. The Balaban J connectivity index is 2.05. The molecule has 0 spiro atoms. The van der Waals surface area contributed by atoms with E-state index < -0.39 is 28.9 Å². The highest BCUT2D eigenvalue weighted by molar-refractivity contribution is 5.99. The van der Waals surface area contributed by atoms with Crippen LogP contribution in [0.25, 0.3) is 0 Å². The Morgan fingerprint density at radius 3 is 2.57 bits per heavy atom. The fourth-order valence-corrected chi connectivity index (χ4v) is 2.57. The van der Waals surface area contributed by atoms with Gasteiger partial charge in [0.15, 0.2) is 5.78 Å². The molecular weight excluding hydrogens is 306 g/mol. The summed E-state index contributed by atoms with van der Waals surface area (Å²) in [5.74, 6) is -3.27. The summed E-state index contributed by atoms with van der Waals surface area (Å²) in [6, 6.07) is 1.75. The number of ketones is 1. The van der Waals surface area contributed by atoms with Gasteiger partial charge in [0, 0.05) is 32.1 Å². The van der Waals surface area contributed by atoms with Gasteiger partial charge in [-0.15, -0.1) is 0 Å². The first-order chi connectivity index (χ1) is 10.9. The van der Waals surface area contributed by atoms with Gasteiger partial charge in [-0.05, 0) is 25.6 Å². The summed E-state index contributed by atoms with van der Waals surface area (Å²) in [7, 11) is 3.31. The molecule has 126 valence electrons. The Morgan fingerprint density at radius 1 is 1.35 bits per heavy atom. The van der Waals surface area contributed by atoms with Crippen LogP contribution >= 0.6 is 0 Å². The number of morpholine rings is 1. The minimum absolute atomic E-state index is 0.00827. The second-order valence-corrected chi connectivity index (χ2v) is 5.61. The number of likely N-dealkylation sites (N-methyl/N-ethyl adjacent to an activating group) is 1. The van der Waals surface area contributed by atoms with Crippen LogP contribution in [0.4, 0.5) is 8.78 Å². The van der Waals surface area contributed by atoms with Gasteiger partial charge >= 0.3 is 0 Å². The standard InChI is InChI=1S/C16H20F2N2O3/c1-19-16(22)10-7-12(17)15(13(18)8-10)14(21)4-3-11-9-20(2)5-6-23-11/h7-8,11H,3-6,9H2,1-2H3,(H,19,22). The zero-order valence-electron chi connectivity index (χ0n) is 13.2. The molecule has 1 aliphatic heterocycles. The highest BCUT2D eigenvalue weighted by Crippen LogP contribution is 2.19. The number of benzene rings is 1. The van der Waals surface area contributed by atoms with Crippen LogP contribution < -0.4 is 5.32 Å². The van der Waals surface area contributed by atoms with E-state index in [4.69, 9.17) is 4.74 Å². The monoisotopic (exact) mass is 326 g/mol. The van der Waals surface area contributed by atoms with Crippen molar-refractivity contribution in [2.75, 3.05) is 33.8 Å².